The minimum absolute atomic E-state index is 0.0471. The van der Waals surface area contributed by atoms with Crippen molar-refractivity contribution in [1.82, 2.24) is 10.6 Å². The number of carbonyl (C=O) groups excluding carboxylic acids is 2. The van der Waals surface area contributed by atoms with Crippen LogP contribution in [0.4, 0.5) is 0 Å². The highest BCUT2D eigenvalue weighted by atomic mass is 16.7. The highest BCUT2D eigenvalue weighted by molar-refractivity contribution is 6.47. The van der Waals surface area contributed by atoms with Gasteiger partial charge in [0.15, 0.2) is 0 Å². The average molecular weight is 463 g/mol. The molecule has 3 aliphatic carbocycles. The normalized spacial score (nSPS) is 31.5. The van der Waals surface area contributed by atoms with E-state index in [0.29, 0.717) is 30.7 Å². The highest BCUT2D eigenvalue weighted by Gasteiger charge is 2.68. The van der Waals surface area contributed by atoms with Gasteiger partial charge >= 0.3 is 7.12 Å². The third-order valence-electron chi connectivity index (χ3n) is 8.47. The maximum absolute atomic E-state index is 12.9. The molecule has 4 fully saturated rings. The summed E-state index contributed by atoms with van der Waals surface area (Å²) in [6.07, 6.45) is 6.82. The Morgan fingerprint density at radius 1 is 1.18 bits per heavy atom. The Hall–Kier alpha value is -1.12. The number of hydrogen-bond acceptors (Lipinski definition) is 5. The average Bonchev–Trinajstić information content (AvgIpc) is 3.11. The van der Waals surface area contributed by atoms with E-state index in [9.17, 15) is 9.59 Å². The summed E-state index contributed by atoms with van der Waals surface area (Å²) in [7, 11) is -0.462. The quantitative estimate of drug-likeness (QED) is 0.305. The summed E-state index contributed by atoms with van der Waals surface area (Å²) in [4.78, 5) is 24.9. The number of nitrogens with two attached hydrogens (primary N) is 1. The summed E-state index contributed by atoms with van der Waals surface area (Å²) < 4.78 is 13.0. The van der Waals surface area contributed by atoms with Gasteiger partial charge in [-0.05, 0) is 62.2 Å². The molecule has 0 aromatic rings. The molecule has 0 unspecified atom stereocenters. The van der Waals surface area contributed by atoms with Crippen LogP contribution in [0, 0.1) is 23.2 Å². The molecular weight excluding hydrogens is 417 g/mol. The predicted octanol–water partition coefficient (Wildman–Crippen LogP) is 3.20. The molecule has 2 bridgehead atoms. The van der Waals surface area contributed by atoms with Crippen LogP contribution in [0.3, 0.4) is 0 Å². The molecule has 4 N–H and O–H groups in total. The molecule has 33 heavy (non-hydrogen) atoms. The first-order chi connectivity index (χ1) is 15.5. The summed E-state index contributed by atoms with van der Waals surface area (Å²) in [5.41, 5.74) is 6.13. The second kappa shape index (κ2) is 10.7. The van der Waals surface area contributed by atoms with Crippen molar-refractivity contribution in [3.63, 3.8) is 0 Å². The second-order valence-electron chi connectivity index (χ2n) is 11.8. The van der Waals surface area contributed by atoms with Gasteiger partial charge < -0.3 is 25.7 Å². The largest absolute Gasteiger partial charge is 0.481 e. The summed E-state index contributed by atoms with van der Waals surface area (Å²) in [6.45, 7) is 14.0. The molecule has 6 atom stereocenters. The van der Waals surface area contributed by atoms with E-state index >= 15 is 0 Å². The lowest BCUT2D eigenvalue weighted by atomic mass is 9.43. The predicted molar refractivity (Wildman–Crippen MR) is 131 cm³/mol. The lowest BCUT2D eigenvalue weighted by Crippen LogP contribution is -2.65. The second-order valence-corrected chi connectivity index (χ2v) is 11.8. The lowest BCUT2D eigenvalue weighted by molar-refractivity contribution is -0.199. The van der Waals surface area contributed by atoms with Crippen LogP contribution in [0.25, 0.3) is 0 Å². The zero-order chi connectivity index (χ0) is 24.4. The van der Waals surface area contributed by atoms with Crippen molar-refractivity contribution in [2.45, 2.75) is 117 Å². The third kappa shape index (κ3) is 5.76. The van der Waals surface area contributed by atoms with Crippen molar-refractivity contribution in [2.75, 3.05) is 6.54 Å². The van der Waals surface area contributed by atoms with Gasteiger partial charge in [-0.2, -0.15) is 0 Å². The number of rotatable bonds is 12. The summed E-state index contributed by atoms with van der Waals surface area (Å²) in [5.74, 6) is 0.989. The Morgan fingerprint density at radius 2 is 1.91 bits per heavy atom. The first-order valence-corrected chi connectivity index (χ1v) is 13.1. The van der Waals surface area contributed by atoms with Gasteiger partial charge in [0.2, 0.25) is 11.8 Å². The van der Waals surface area contributed by atoms with Gasteiger partial charge in [-0.3, -0.25) is 9.59 Å². The molecule has 1 heterocycles. The fourth-order valence-corrected chi connectivity index (χ4v) is 6.22. The van der Waals surface area contributed by atoms with Crippen molar-refractivity contribution in [2.24, 2.45) is 28.9 Å². The van der Waals surface area contributed by atoms with E-state index < -0.39 is 13.2 Å². The number of amides is 2. The summed E-state index contributed by atoms with van der Waals surface area (Å²) in [6, 6.07) is -0.730. The Labute approximate surface area is 200 Å². The molecule has 1 aliphatic heterocycles. The first-order valence-electron chi connectivity index (χ1n) is 13.1. The summed E-state index contributed by atoms with van der Waals surface area (Å²) in [5, 5.41) is 6.01. The van der Waals surface area contributed by atoms with Crippen LogP contribution < -0.4 is 16.4 Å². The molecule has 7 nitrogen and oxygen atoms in total. The maximum Gasteiger partial charge on any atom is 0.481 e. The summed E-state index contributed by atoms with van der Waals surface area (Å²) >= 11 is 0. The van der Waals surface area contributed by atoms with Crippen molar-refractivity contribution in [1.29, 1.82) is 0 Å². The topological polar surface area (TPSA) is 103 Å². The van der Waals surface area contributed by atoms with Crippen molar-refractivity contribution < 1.29 is 18.9 Å². The molecular formula is C25H46BN3O4. The van der Waals surface area contributed by atoms with Gasteiger partial charge in [0.25, 0.3) is 0 Å². The minimum atomic E-state index is -0.730. The molecule has 0 spiro atoms. The van der Waals surface area contributed by atoms with Gasteiger partial charge in [0.1, 0.15) is 0 Å². The van der Waals surface area contributed by atoms with Gasteiger partial charge in [-0.1, -0.05) is 47.5 Å². The SMILES string of the molecule is CCCCCNC(=O)CC[C@H](N)C(=O)N[C@@H](CC(C)C)B1O[C@@H]2C[C@@H]3C[C@@H](C3(C)C)[C@]2(C)O1. The molecule has 4 aliphatic rings. The molecule has 3 saturated carbocycles. The smallest absolute Gasteiger partial charge is 0.404 e. The van der Waals surface area contributed by atoms with Crippen LogP contribution in [0.15, 0.2) is 0 Å². The number of hydrogen-bond donors (Lipinski definition) is 3. The van der Waals surface area contributed by atoms with E-state index in [1.54, 1.807) is 0 Å². The first kappa shape index (κ1) is 26.5. The number of carbonyl (C=O) groups is 2. The van der Waals surface area contributed by atoms with Crippen LogP contribution in [-0.2, 0) is 18.9 Å². The van der Waals surface area contributed by atoms with Crippen LogP contribution in [0.2, 0.25) is 0 Å². The Kier molecular flexibility index (Phi) is 8.55. The lowest BCUT2D eigenvalue weighted by Gasteiger charge is -2.64. The van der Waals surface area contributed by atoms with Gasteiger partial charge in [0, 0.05) is 13.0 Å². The maximum atomic E-state index is 12.9. The van der Waals surface area contributed by atoms with Crippen LogP contribution in [0.1, 0.15) is 92.9 Å². The molecule has 0 radical (unpaired) electrons. The fourth-order valence-electron chi connectivity index (χ4n) is 6.22. The Bertz CT molecular complexity index is 703. The van der Waals surface area contributed by atoms with Crippen LogP contribution in [-0.4, -0.2) is 49.2 Å². The minimum Gasteiger partial charge on any atom is -0.404 e. The Morgan fingerprint density at radius 3 is 2.55 bits per heavy atom. The van der Waals surface area contributed by atoms with Crippen LogP contribution >= 0.6 is 0 Å². The van der Waals surface area contributed by atoms with Crippen LogP contribution in [0.5, 0.6) is 0 Å². The molecule has 1 saturated heterocycles. The van der Waals surface area contributed by atoms with Crippen molar-refractivity contribution in [3.8, 4) is 0 Å². The van der Waals surface area contributed by atoms with E-state index in [1.807, 2.05) is 0 Å². The van der Waals surface area contributed by atoms with E-state index in [1.165, 1.54) is 6.42 Å². The van der Waals surface area contributed by atoms with Gasteiger partial charge in [-0.25, -0.2) is 0 Å². The van der Waals surface area contributed by atoms with Crippen molar-refractivity contribution >= 4 is 18.9 Å². The molecule has 188 valence electrons. The fraction of sp³-hybridized carbons (Fsp3) is 0.920. The molecule has 4 rings (SSSR count). The zero-order valence-electron chi connectivity index (χ0n) is 21.6. The zero-order valence-corrected chi connectivity index (χ0v) is 21.6. The number of unbranched alkanes of at least 4 members (excludes halogenated alkanes) is 2. The number of nitrogens with one attached hydrogen (secondary N) is 2. The van der Waals surface area contributed by atoms with E-state index in [-0.39, 0.29) is 41.3 Å². The van der Waals surface area contributed by atoms with Gasteiger partial charge in [0.05, 0.1) is 23.7 Å². The van der Waals surface area contributed by atoms with Gasteiger partial charge in [-0.15, -0.1) is 0 Å². The third-order valence-corrected chi connectivity index (χ3v) is 8.47. The van der Waals surface area contributed by atoms with E-state index in [0.717, 1.165) is 32.1 Å². The molecule has 0 aromatic carbocycles. The molecule has 8 heteroatoms. The monoisotopic (exact) mass is 463 g/mol. The molecule has 2 amide bonds. The highest BCUT2D eigenvalue weighted by Crippen LogP contribution is 2.65. The van der Waals surface area contributed by atoms with E-state index in [2.05, 4.69) is 52.2 Å². The van der Waals surface area contributed by atoms with E-state index in [4.69, 9.17) is 15.0 Å². The Balaban J connectivity index is 1.53. The van der Waals surface area contributed by atoms with Crippen molar-refractivity contribution in [3.05, 3.63) is 0 Å². The molecule has 0 aromatic heterocycles. The standard InChI is InChI=1S/C25H46BN3O4/c1-7-8-9-12-28-22(30)11-10-18(27)23(31)29-21(13-16(2)3)26-32-20-15-17-14-19(24(17,4)5)25(20,6)33-26/h16-21H,7-15,27H2,1-6H3,(H,28,30)(H,29,31)/t17-,18-,19-,20+,21-,25-/m0/s1.